The van der Waals surface area contributed by atoms with Crippen LogP contribution in [0.5, 0.6) is 0 Å². The molecule has 5 nitrogen and oxygen atoms in total. The molecule has 20 heavy (non-hydrogen) atoms. The van der Waals surface area contributed by atoms with Crippen molar-refractivity contribution in [3.05, 3.63) is 42.9 Å². The van der Waals surface area contributed by atoms with Gasteiger partial charge in [0, 0.05) is 12.4 Å². The van der Waals surface area contributed by atoms with Crippen molar-refractivity contribution in [3.8, 4) is 5.69 Å². The van der Waals surface area contributed by atoms with Gasteiger partial charge in [-0.1, -0.05) is 18.2 Å². The summed E-state index contributed by atoms with van der Waals surface area (Å²) < 4.78 is 1.81. The first kappa shape index (κ1) is 12.9. The van der Waals surface area contributed by atoms with Crippen LogP contribution in [-0.2, 0) is 0 Å². The molecule has 3 aromatic rings. The van der Waals surface area contributed by atoms with E-state index in [0.29, 0.717) is 5.88 Å². The molecule has 0 aliphatic rings. The Morgan fingerprint density at radius 2 is 2.00 bits per heavy atom. The number of nitrogens with zero attached hydrogens (tertiary/aromatic N) is 4. The van der Waals surface area contributed by atoms with Crippen LogP contribution in [0.25, 0.3) is 16.7 Å². The number of hydrogen-bond donors (Lipinski definition) is 1. The van der Waals surface area contributed by atoms with Crippen LogP contribution in [0.2, 0.25) is 0 Å². The van der Waals surface area contributed by atoms with Gasteiger partial charge in [-0.25, -0.2) is 14.6 Å². The lowest BCUT2D eigenvalue weighted by atomic mass is 10.3. The quantitative estimate of drug-likeness (QED) is 0.579. The van der Waals surface area contributed by atoms with Gasteiger partial charge in [-0.05, 0) is 18.6 Å². The standard InChI is InChI=1S/C14H14ClN5/c15-7-4-8-16-13-12-9-19-20(14(12)18-10-17-13)11-5-2-1-3-6-11/h1-3,5-6,9-10H,4,7-8H2,(H,16,17,18). The Morgan fingerprint density at radius 3 is 2.80 bits per heavy atom. The van der Waals surface area contributed by atoms with E-state index < -0.39 is 0 Å². The molecule has 1 N–H and O–H groups in total. The van der Waals surface area contributed by atoms with E-state index in [1.807, 2.05) is 35.0 Å². The van der Waals surface area contributed by atoms with Gasteiger partial charge in [0.1, 0.15) is 12.1 Å². The Kier molecular flexibility index (Phi) is 3.78. The van der Waals surface area contributed by atoms with E-state index in [9.17, 15) is 0 Å². The molecule has 0 aliphatic carbocycles. The Hall–Kier alpha value is -2.14. The maximum absolute atomic E-state index is 5.68. The zero-order chi connectivity index (χ0) is 13.8. The summed E-state index contributed by atoms with van der Waals surface area (Å²) in [7, 11) is 0. The molecule has 1 aromatic carbocycles. The van der Waals surface area contributed by atoms with Crippen molar-refractivity contribution < 1.29 is 0 Å². The molecule has 2 heterocycles. The van der Waals surface area contributed by atoms with Crippen LogP contribution in [0.15, 0.2) is 42.9 Å². The molecular weight excluding hydrogens is 274 g/mol. The van der Waals surface area contributed by atoms with E-state index in [1.165, 1.54) is 0 Å². The highest BCUT2D eigenvalue weighted by Gasteiger charge is 2.10. The summed E-state index contributed by atoms with van der Waals surface area (Å²) in [5, 5.41) is 8.58. The highest BCUT2D eigenvalue weighted by Crippen LogP contribution is 2.21. The van der Waals surface area contributed by atoms with Gasteiger partial charge in [0.25, 0.3) is 0 Å². The molecule has 0 saturated carbocycles. The Labute approximate surface area is 121 Å². The van der Waals surface area contributed by atoms with Gasteiger partial charge in [-0.2, -0.15) is 5.10 Å². The molecule has 0 amide bonds. The summed E-state index contributed by atoms with van der Waals surface area (Å²) in [5.41, 5.74) is 1.77. The molecule has 0 aliphatic heterocycles. The van der Waals surface area contributed by atoms with Crippen LogP contribution in [0.3, 0.4) is 0 Å². The third kappa shape index (κ3) is 2.44. The van der Waals surface area contributed by atoms with Gasteiger partial charge in [0.2, 0.25) is 0 Å². The zero-order valence-electron chi connectivity index (χ0n) is 10.8. The Bertz CT molecular complexity index is 695. The SMILES string of the molecule is ClCCCNc1ncnc2c1cnn2-c1ccccc1. The van der Waals surface area contributed by atoms with E-state index in [0.717, 1.165) is 35.5 Å². The molecule has 0 fully saturated rings. The number of alkyl halides is 1. The van der Waals surface area contributed by atoms with Crippen LogP contribution in [0.4, 0.5) is 5.82 Å². The number of para-hydroxylation sites is 1. The van der Waals surface area contributed by atoms with Crippen LogP contribution in [0.1, 0.15) is 6.42 Å². The second kappa shape index (κ2) is 5.88. The largest absolute Gasteiger partial charge is 0.369 e. The highest BCUT2D eigenvalue weighted by molar-refractivity contribution is 6.17. The number of rotatable bonds is 5. The number of nitrogens with one attached hydrogen (secondary N) is 1. The number of fused-ring (bicyclic) bond motifs is 1. The lowest BCUT2D eigenvalue weighted by Crippen LogP contribution is -2.05. The second-order valence-electron chi connectivity index (χ2n) is 4.32. The first-order chi connectivity index (χ1) is 9.90. The van der Waals surface area contributed by atoms with Crippen LogP contribution < -0.4 is 5.32 Å². The van der Waals surface area contributed by atoms with Gasteiger partial charge < -0.3 is 5.32 Å². The van der Waals surface area contributed by atoms with Gasteiger partial charge in [0.15, 0.2) is 5.65 Å². The maximum atomic E-state index is 5.68. The Morgan fingerprint density at radius 1 is 1.15 bits per heavy atom. The smallest absolute Gasteiger partial charge is 0.168 e. The van der Waals surface area contributed by atoms with E-state index in [1.54, 1.807) is 12.5 Å². The molecule has 0 spiro atoms. The van der Waals surface area contributed by atoms with Crippen molar-refractivity contribution in [1.82, 2.24) is 19.7 Å². The minimum absolute atomic E-state index is 0.629. The molecule has 0 radical (unpaired) electrons. The molecule has 0 saturated heterocycles. The summed E-state index contributed by atoms with van der Waals surface area (Å²) in [6.07, 6.45) is 4.22. The molecule has 102 valence electrons. The number of anilines is 1. The molecule has 2 aromatic heterocycles. The maximum Gasteiger partial charge on any atom is 0.168 e. The minimum Gasteiger partial charge on any atom is -0.369 e. The van der Waals surface area contributed by atoms with E-state index in [4.69, 9.17) is 11.6 Å². The van der Waals surface area contributed by atoms with Crippen molar-refractivity contribution in [1.29, 1.82) is 0 Å². The Balaban J connectivity index is 1.99. The summed E-state index contributed by atoms with van der Waals surface area (Å²) in [4.78, 5) is 8.60. The first-order valence-electron chi connectivity index (χ1n) is 6.44. The number of benzene rings is 1. The van der Waals surface area contributed by atoms with Crippen molar-refractivity contribution >= 4 is 28.5 Å². The molecule has 0 bridgehead atoms. The van der Waals surface area contributed by atoms with Crippen LogP contribution >= 0.6 is 11.6 Å². The van der Waals surface area contributed by atoms with Crippen molar-refractivity contribution in [2.75, 3.05) is 17.7 Å². The summed E-state index contributed by atoms with van der Waals surface area (Å²) >= 11 is 5.68. The fourth-order valence-electron chi connectivity index (χ4n) is 2.02. The fraction of sp³-hybridized carbons (Fsp3) is 0.214. The van der Waals surface area contributed by atoms with Gasteiger partial charge in [-0.3, -0.25) is 0 Å². The number of aromatic nitrogens is 4. The molecule has 6 heteroatoms. The van der Waals surface area contributed by atoms with Crippen LogP contribution in [-0.4, -0.2) is 32.2 Å². The molecule has 0 atom stereocenters. The number of halogens is 1. The predicted molar refractivity (Wildman–Crippen MR) is 80.5 cm³/mol. The lowest BCUT2D eigenvalue weighted by molar-refractivity contribution is 0.895. The average molecular weight is 288 g/mol. The summed E-state index contributed by atoms with van der Waals surface area (Å²) in [6.45, 7) is 0.784. The average Bonchev–Trinajstić information content (AvgIpc) is 2.93. The summed E-state index contributed by atoms with van der Waals surface area (Å²) in [5.74, 6) is 1.42. The third-order valence-electron chi connectivity index (χ3n) is 2.97. The van der Waals surface area contributed by atoms with Crippen molar-refractivity contribution in [2.45, 2.75) is 6.42 Å². The highest BCUT2D eigenvalue weighted by atomic mass is 35.5. The first-order valence-corrected chi connectivity index (χ1v) is 6.97. The van der Waals surface area contributed by atoms with Gasteiger partial charge in [-0.15, -0.1) is 11.6 Å². The van der Waals surface area contributed by atoms with Crippen molar-refractivity contribution in [2.24, 2.45) is 0 Å². The van der Waals surface area contributed by atoms with Crippen molar-refractivity contribution in [3.63, 3.8) is 0 Å². The third-order valence-corrected chi connectivity index (χ3v) is 3.24. The lowest BCUT2D eigenvalue weighted by Gasteiger charge is -2.05. The fourth-order valence-corrected chi connectivity index (χ4v) is 2.15. The van der Waals surface area contributed by atoms with Gasteiger partial charge >= 0.3 is 0 Å². The molecule has 3 rings (SSSR count). The number of hydrogen-bond acceptors (Lipinski definition) is 4. The van der Waals surface area contributed by atoms with E-state index in [2.05, 4.69) is 20.4 Å². The second-order valence-corrected chi connectivity index (χ2v) is 4.70. The summed E-state index contributed by atoms with van der Waals surface area (Å²) in [6, 6.07) is 9.92. The normalized spacial score (nSPS) is 10.8. The predicted octanol–water partition coefficient (Wildman–Crippen LogP) is 2.86. The van der Waals surface area contributed by atoms with Gasteiger partial charge in [0.05, 0.1) is 17.3 Å². The van der Waals surface area contributed by atoms with E-state index >= 15 is 0 Å². The molecular formula is C14H14ClN5. The monoisotopic (exact) mass is 287 g/mol. The topological polar surface area (TPSA) is 55.6 Å². The zero-order valence-corrected chi connectivity index (χ0v) is 11.6. The molecule has 0 unspecified atom stereocenters. The van der Waals surface area contributed by atoms with E-state index in [-0.39, 0.29) is 0 Å². The minimum atomic E-state index is 0.629. The van der Waals surface area contributed by atoms with Crippen LogP contribution in [0, 0.1) is 0 Å².